The Morgan fingerprint density at radius 1 is 1.06 bits per heavy atom. The molecule has 1 aromatic carbocycles. The summed E-state index contributed by atoms with van der Waals surface area (Å²) in [7, 11) is 0. The molecule has 31 heavy (non-hydrogen) atoms. The van der Waals surface area contributed by atoms with E-state index in [9.17, 15) is 9.59 Å². The minimum absolute atomic E-state index is 0.113. The normalized spacial score (nSPS) is 19.1. The second-order valence-corrected chi connectivity index (χ2v) is 9.46. The highest BCUT2D eigenvalue weighted by molar-refractivity contribution is 7.09. The van der Waals surface area contributed by atoms with E-state index in [1.54, 1.807) is 23.5 Å². The van der Waals surface area contributed by atoms with Gasteiger partial charge in [0.15, 0.2) is 0 Å². The first-order valence-corrected chi connectivity index (χ1v) is 12.1. The van der Waals surface area contributed by atoms with E-state index < -0.39 is 0 Å². The Kier molecular flexibility index (Phi) is 7.72. The predicted molar refractivity (Wildman–Crippen MR) is 123 cm³/mol. The molecular weight excluding hydrogens is 410 g/mol. The predicted octanol–water partition coefficient (Wildman–Crippen LogP) is 4.04. The third kappa shape index (κ3) is 6.38. The fraction of sp³-hybridized carbons (Fsp3) is 0.500. The molecule has 0 bridgehead atoms. The van der Waals surface area contributed by atoms with Crippen LogP contribution in [0.25, 0.3) is 0 Å². The number of hydrogen-bond donors (Lipinski definition) is 2. The summed E-state index contributed by atoms with van der Waals surface area (Å²) in [5, 5.41) is 8.14. The van der Waals surface area contributed by atoms with Gasteiger partial charge in [-0.15, -0.1) is 11.3 Å². The molecule has 166 valence electrons. The van der Waals surface area contributed by atoms with Gasteiger partial charge in [0.1, 0.15) is 0 Å². The van der Waals surface area contributed by atoms with Gasteiger partial charge in [0.2, 0.25) is 5.91 Å². The van der Waals surface area contributed by atoms with E-state index in [-0.39, 0.29) is 30.5 Å². The number of rotatable bonds is 9. The van der Waals surface area contributed by atoms with E-state index in [4.69, 9.17) is 4.74 Å². The number of anilines is 1. The monoisotopic (exact) mass is 441 g/mol. The molecule has 1 saturated carbocycles. The number of carbonyl (C=O) groups excluding carboxylic acids is 2. The molecule has 2 N–H and O–H groups in total. The van der Waals surface area contributed by atoms with Crippen molar-refractivity contribution < 1.29 is 14.3 Å². The minimum Gasteiger partial charge on any atom is -0.377 e. The van der Waals surface area contributed by atoms with Crippen molar-refractivity contribution in [2.24, 2.45) is 0 Å². The number of carbonyl (C=O) groups is 2. The zero-order valence-electron chi connectivity index (χ0n) is 17.8. The Balaban J connectivity index is 1.39. The third-order valence-electron chi connectivity index (χ3n) is 5.95. The molecule has 0 unspecified atom stereocenters. The maximum atomic E-state index is 12.9. The summed E-state index contributed by atoms with van der Waals surface area (Å²) in [6, 6.07) is 11.6. The number of ether oxygens (including phenoxy) is 1. The van der Waals surface area contributed by atoms with E-state index >= 15 is 0 Å². The first-order valence-electron chi connectivity index (χ1n) is 11.2. The van der Waals surface area contributed by atoms with E-state index in [0.29, 0.717) is 11.3 Å². The van der Waals surface area contributed by atoms with Crippen LogP contribution in [-0.4, -0.2) is 48.6 Å². The molecule has 0 spiro atoms. The SMILES string of the molecule is O=C(CN(Cc1cccs1)C[C@H]1CCCO1)Nc1ccccc1C(=O)NC1CCCC1. The summed E-state index contributed by atoms with van der Waals surface area (Å²) in [4.78, 5) is 29.1. The van der Waals surface area contributed by atoms with Gasteiger partial charge in [0, 0.05) is 30.6 Å². The average Bonchev–Trinajstić information content (AvgIpc) is 3.52. The summed E-state index contributed by atoms with van der Waals surface area (Å²) in [5.74, 6) is -0.228. The first kappa shape index (κ1) is 22.0. The van der Waals surface area contributed by atoms with Crippen LogP contribution in [-0.2, 0) is 16.1 Å². The number of thiophene rings is 1. The van der Waals surface area contributed by atoms with Crippen molar-refractivity contribution in [2.45, 2.75) is 57.2 Å². The molecule has 2 aliphatic rings. The number of hydrogen-bond acceptors (Lipinski definition) is 5. The van der Waals surface area contributed by atoms with Crippen LogP contribution in [0.15, 0.2) is 41.8 Å². The molecule has 6 nitrogen and oxygen atoms in total. The van der Waals surface area contributed by atoms with Crippen molar-refractivity contribution in [2.75, 3.05) is 25.0 Å². The van der Waals surface area contributed by atoms with Gasteiger partial charge in [-0.1, -0.05) is 31.0 Å². The molecule has 0 radical (unpaired) electrons. The van der Waals surface area contributed by atoms with Gasteiger partial charge in [0.05, 0.1) is 23.9 Å². The number of nitrogens with one attached hydrogen (secondary N) is 2. The molecule has 1 aliphatic heterocycles. The summed E-state index contributed by atoms with van der Waals surface area (Å²) in [6.45, 7) is 2.51. The summed E-state index contributed by atoms with van der Waals surface area (Å²) in [5.41, 5.74) is 1.09. The Morgan fingerprint density at radius 3 is 2.65 bits per heavy atom. The van der Waals surface area contributed by atoms with E-state index in [1.807, 2.05) is 18.2 Å². The van der Waals surface area contributed by atoms with Crippen molar-refractivity contribution in [3.8, 4) is 0 Å². The van der Waals surface area contributed by atoms with E-state index in [0.717, 1.165) is 58.2 Å². The lowest BCUT2D eigenvalue weighted by molar-refractivity contribution is -0.117. The fourth-order valence-corrected chi connectivity index (χ4v) is 5.15. The molecule has 1 atom stereocenters. The highest BCUT2D eigenvalue weighted by atomic mass is 32.1. The lowest BCUT2D eigenvalue weighted by Gasteiger charge is -2.24. The lowest BCUT2D eigenvalue weighted by atomic mass is 10.1. The molecule has 2 aromatic rings. The molecule has 2 amide bonds. The van der Waals surface area contributed by atoms with Crippen molar-refractivity contribution in [3.63, 3.8) is 0 Å². The zero-order valence-corrected chi connectivity index (χ0v) is 18.7. The fourth-order valence-electron chi connectivity index (χ4n) is 4.40. The van der Waals surface area contributed by atoms with Gasteiger partial charge in [-0.05, 0) is 49.3 Å². The first-order chi connectivity index (χ1) is 15.2. The maximum Gasteiger partial charge on any atom is 0.253 e. The van der Waals surface area contributed by atoms with Crippen molar-refractivity contribution >= 4 is 28.8 Å². The highest BCUT2D eigenvalue weighted by Gasteiger charge is 2.23. The van der Waals surface area contributed by atoms with Crippen LogP contribution in [0.5, 0.6) is 0 Å². The van der Waals surface area contributed by atoms with Crippen LogP contribution >= 0.6 is 11.3 Å². The third-order valence-corrected chi connectivity index (χ3v) is 6.81. The summed E-state index contributed by atoms with van der Waals surface area (Å²) in [6.07, 6.45) is 6.67. The van der Waals surface area contributed by atoms with Gasteiger partial charge in [-0.25, -0.2) is 0 Å². The molecule has 4 rings (SSSR count). The zero-order chi connectivity index (χ0) is 21.5. The van der Waals surface area contributed by atoms with Crippen LogP contribution in [0.1, 0.15) is 53.8 Å². The minimum atomic E-state index is -0.115. The topological polar surface area (TPSA) is 70.7 Å². The second-order valence-electron chi connectivity index (χ2n) is 8.43. The average molecular weight is 442 g/mol. The number of para-hydroxylation sites is 1. The molecule has 7 heteroatoms. The van der Waals surface area contributed by atoms with Crippen LogP contribution in [0.3, 0.4) is 0 Å². The van der Waals surface area contributed by atoms with Gasteiger partial charge in [0.25, 0.3) is 5.91 Å². The van der Waals surface area contributed by atoms with Gasteiger partial charge in [-0.2, -0.15) is 0 Å². The van der Waals surface area contributed by atoms with Gasteiger partial charge in [-0.3, -0.25) is 14.5 Å². The quantitative estimate of drug-likeness (QED) is 0.616. The second kappa shape index (κ2) is 10.9. The maximum absolute atomic E-state index is 12.9. The summed E-state index contributed by atoms with van der Waals surface area (Å²) >= 11 is 1.69. The number of benzene rings is 1. The molecular formula is C24H31N3O3S. The molecule has 1 aliphatic carbocycles. The Morgan fingerprint density at radius 2 is 1.90 bits per heavy atom. The standard InChI is InChI=1S/C24H31N3O3S/c28-23(17-27(15-19-9-5-13-30-19)16-20-10-6-14-31-20)26-22-12-4-3-11-21(22)24(29)25-18-7-1-2-8-18/h3-4,6,10-12,14,18-19H,1-2,5,7-9,13,15-17H2,(H,25,29)(H,26,28)/t19-/m1/s1. The Bertz CT molecular complexity index is 859. The van der Waals surface area contributed by atoms with E-state index in [2.05, 4.69) is 27.0 Å². The van der Waals surface area contributed by atoms with Gasteiger partial charge < -0.3 is 15.4 Å². The van der Waals surface area contributed by atoms with Crippen molar-refractivity contribution in [1.82, 2.24) is 10.2 Å². The highest BCUT2D eigenvalue weighted by Crippen LogP contribution is 2.21. The lowest BCUT2D eigenvalue weighted by Crippen LogP contribution is -2.38. The Hall–Kier alpha value is -2.22. The molecule has 1 saturated heterocycles. The van der Waals surface area contributed by atoms with Crippen LogP contribution < -0.4 is 10.6 Å². The Labute approximate surface area is 188 Å². The van der Waals surface area contributed by atoms with Crippen LogP contribution in [0.2, 0.25) is 0 Å². The largest absolute Gasteiger partial charge is 0.377 e. The van der Waals surface area contributed by atoms with E-state index in [1.165, 1.54) is 4.88 Å². The number of amides is 2. The van der Waals surface area contributed by atoms with Crippen LogP contribution in [0, 0.1) is 0 Å². The molecule has 2 fully saturated rings. The number of nitrogens with zero attached hydrogens (tertiary/aromatic N) is 1. The van der Waals surface area contributed by atoms with Crippen molar-refractivity contribution in [3.05, 3.63) is 52.2 Å². The van der Waals surface area contributed by atoms with Crippen LogP contribution in [0.4, 0.5) is 5.69 Å². The molecule has 2 heterocycles. The van der Waals surface area contributed by atoms with Crippen molar-refractivity contribution in [1.29, 1.82) is 0 Å². The van der Waals surface area contributed by atoms with Gasteiger partial charge >= 0.3 is 0 Å². The molecule has 1 aromatic heterocycles. The summed E-state index contributed by atoms with van der Waals surface area (Å²) < 4.78 is 5.79. The smallest absolute Gasteiger partial charge is 0.253 e.